The Morgan fingerprint density at radius 3 is 0.600 bits per heavy atom. The Bertz CT molecular complexity index is 181. The van der Waals surface area contributed by atoms with Crippen LogP contribution in [0.1, 0.15) is 0 Å². The van der Waals surface area contributed by atoms with Crippen molar-refractivity contribution in [3.05, 3.63) is 0 Å². The molecule has 0 aliphatic rings. The fourth-order valence-corrected chi connectivity index (χ4v) is 0. The van der Waals surface area contributed by atoms with Gasteiger partial charge in [-0.25, -0.2) is 0 Å². The van der Waals surface area contributed by atoms with Gasteiger partial charge < -0.3 is 60.0 Å². The molecule has 13 nitrogen and oxygen atoms in total. The van der Waals surface area contributed by atoms with E-state index in [0.717, 1.165) is 0 Å². The van der Waals surface area contributed by atoms with Gasteiger partial charge in [0.05, 0.1) is 0 Å². The molecule has 0 atom stereocenters. The van der Waals surface area contributed by atoms with Gasteiger partial charge in [0.15, 0.2) is 0 Å². The first-order chi connectivity index (χ1) is 7.93. The van der Waals surface area contributed by atoms with E-state index < -0.39 is 24.6 Å². The van der Waals surface area contributed by atoms with Crippen LogP contribution < -0.4 is 20.4 Å². The van der Waals surface area contributed by atoms with Crippen LogP contribution in [-0.4, -0.2) is 45.0 Å². The van der Waals surface area contributed by atoms with Crippen molar-refractivity contribution in [1.82, 2.24) is 0 Å². The van der Waals surface area contributed by atoms with Crippen LogP contribution in [0.5, 0.6) is 0 Å². The van der Waals surface area contributed by atoms with Gasteiger partial charge in [0.25, 0.3) is 0 Å². The summed E-state index contributed by atoms with van der Waals surface area (Å²) in [5, 5.41) is 61.2. The molecule has 0 spiro atoms. The van der Waals surface area contributed by atoms with Gasteiger partial charge in [-0.05, 0) is 0 Å². The molecule has 0 fully saturated rings. The third-order valence-corrected chi connectivity index (χ3v) is 0. The average Bonchev–Trinajstić information content (AvgIpc) is 2.01. The molecule has 129 valence electrons. The standard InChI is InChI=1S/4CH2O3.Cu.2Ni.O/c4*2-1(3)4;;;;/h4*(H2,2,3,4);;;;/q;;;;+2;;+2;/p-4. The molecule has 0 saturated heterocycles. The zero-order chi connectivity index (χ0) is 16.3. The molecule has 0 aromatic carbocycles. The molecule has 4 N–H and O–H groups in total. The molecule has 0 saturated carbocycles. The van der Waals surface area contributed by atoms with Crippen molar-refractivity contribution in [3.63, 3.8) is 0 Å². The molecule has 0 aliphatic carbocycles. The van der Waals surface area contributed by atoms with Crippen molar-refractivity contribution in [2.24, 2.45) is 0 Å². The van der Waals surface area contributed by atoms with Crippen molar-refractivity contribution in [2.45, 2.75) is 0 Å². The first-order valence-corrected chi connectivity index (χ1v) is 3.06. The number of rotatable bonds is 0. The van der Waals surface area contributed by atoms with Crippen LogP contribution >= 0.6 is 0 Å². The Labute approximate surface area is 137 Å². The first-order valence-electron chi connectivity index (χ1n) is 2.66. The average molecular weight is 441 g/mol. The van der Waals surface area contributed by atoms with Gasteiger partial charge >= 0.3 is 52.8 Å². The van der Waals surface area contributed by atoms with Crippen molar-refractivity contribution in [1.29, 1.82) is 0 Å². The second kappa shape index (κ2) is 43.3. The van der Waals surface area contributed by atoms with E-state index in [1.54, 1.807) is 0 Å². The summed E-state index contributed by atoms with van der Waals surface area (Å²) in [6.45, 7) is 0. The molecule has 0 aromatic rings. The molecule has 0 heterocycles. The van der Waals surface area contributed by atoms with Crippen LogP contribution in [-0.2, 0) is 52.8 Å². The van der Waals surface area contributed by atoms with E-state index in [1.807, 2.05) is 0 Å². The third-order valence-electron chi connectivity index (χ3n) is 0. The van der Waals surface area contributed by atoms with Crippen molar-refractivity contribution < 1.29 is 113 Å². The Hall–Kier alpha value is -1.61. The van der Waals surface area contributed by atoms with E-state index in [0.29, 0.717) is 0 Å². The number of carboxylic acid groups (broad SMARTS) is 8. The predicted molar refractivity (Wildman–Crippen MR) is 32.8 cm³/mol. The zero-order valence-electron chi connectivity index (χ0n) is 8.40. The third kappa shape index (κ3) is 1490. The Morgan fingerprint density at radius 2 is 0.600 bits per heavy atom. The van der Waals surface area contributed by atoms with E-state index >= 15 is 0 Å². The molecule has 0 bridgehead atoms. The molecule has 0 unspecified atom stereocenters. The first kappa shape index (κ1) is 42.9. The van der Waals surface area contributed by atoms with Gasteiger partial charge in [-0.2, -0.15) is 0 Å². The minimum atomic E-state index is -2.08. The molecular formula is C4H4CuNi2O13. The van der Waals surface area contributed by atoms with Crippen LogP contribution in [0.15, 0.2) is 0 Å². The maximum atomic E-state index is 8.44. The molecule has 0 aromatic heterocycles. The maximum absolute atomic E-state index is 8.44. The summed E-state index contributed by atoms with van der Waals surface area (Å²) < 4.78 is 7.88. The van der Waals surface area contributed by atoms with Crippen LogP contribution in [0.4, 0.5) is 19.2 Å². The molecular weight excluding hydrogens is 437 g/mol. The summed E-state index contributed by atoms with van der Waals surface area (Å²) in [5.74, 6) is 0. The van der Waals surface area contributed by atoms with E-state index in [4.69, 9.17) is 63.9 Å². The van der Waals surface area contributed by atoms with Gasteiger partial charge in [0, 0.05) is 0 Å². The summed E-state index contributed by atoms with van der Waals surface area (Å²) in [4.78, 5) is 33.8. The number of hydrogen-bond donors (Lipinski definition) is 4. The number of carbonyl (C=O) groups is 4. The molecule has 20 heavy (non-hydrogen) atoms. The zero-order valence-corrected chi connectivity index (χ0v) is 11.3. The topological polar surface area (TPSA) is 259 Å². The SMILES string of the molecule is O=C([O-])O.O=C([O-])O.O=C([O-])O.O=C([O-])O.[Cu+2].[Ni+2].[O]=[Ni]. The fourth-order valence-electron chi connectivity index (χ4n) is 0. The number of hydrogen-bond acceptors (Lipinski definition) is 9. The summed E-state index contributed by atoms with van der Waals surface area (Å²) in [6, 6.07) is 0. The van der Waals surface area contributed by atoms with Crippen LogP contribution in [0.2, 0.25) is 0 Å². The Morgan fingerprint density at radius 1 is 0.600 bits per heavy atom. The Kier molecular flexibility index (Phi) is 92.8. The summed E-state index contributed by atoms with van der Waals surface area (Å²) in [5.41, 5.74) is 0. The molecule has 0 rings (SSSR count). The van der Waals surface area contributed by atoms with Crippen LogP contribution in [0.25, 0.3) is 0 Å². The quantitative estimate of drug-likeness (QED) is 0.258. The Balaban J connectivity index is -0.0000000209. The second-order valence-corrected chi connectivity index (χ2v) is 1.06. The van der Waals surface area contributed by atoms with E-state index in [-0.39, 0.29) is 33.6 Å². The monoisotopic (exact) mass is 439 g/mol. The van der Waals surface area contributed by atoms with Gasteiger partial charge in [-0.3, -0.25) is 0 Å². The van der Waals surface area contributed by atoms with E-state index in [2.05, 4.69) is 15.4 Å². The molecule has 0 amide bonds. The van der Waals surface area contributed by atoms with E-state index in [9.17, 15) is 0 Å². The van der Waals surface area contributed by atoms with E-state index in [1.165, 1.54) is 0 Å². The minimum absolute atomic E-state index is 0. The van der Waals surface area contributed by atoms with Gasteiger partial charge in [0.1, 0.15) is 0 Å². The summed E-state index contributed by atoms with van der Waals surface area (Å²) in [6.07, 6.45) is -8.33. The second-order valence-electron chi connectivity index (χ2n) is 1.06. The summed E-state index contributed by atoms with van der Waals surface area (Å²) >= 11 is 2.62. The van der Waals surface area contributed by atoms with Crippen molar-refractivity contribution >= 4 is 24.6 Å². The molecule has 16 heteroatoms. The summed E-state index contributed by atoms with van der Waals surface area (Å²) in [7, 11) is 0. The van der Waals surface area contributed by atoms with Gasteiger partial charge in [-0.1, -0.05) is 0 Å². The van der Waals surface area contributed by atoms with Gasteiger partial charge in [-0.15, -0.1) is 0 Å². The van der Waals surface area contributed by atoms with Crippen molar-refractivity contribution in [2.75, 3.05) is 0 Å². The van der Waals surface area contributed by atoms with Crippen LogP contribution in [0.3, 0.4) is 0 Å². The van der Waals surface area contributed by atoms with Crippen LogP contribution in [0, 0.1) is 0 Å². The normalized spacial score (nSPS) is 5.10. The molecule has 1 radical (unpaired) electrons. The molecule has 0 aliphatic heterocycles. The van der Waals surface area contributed by atoms with Gasteiger partial charge in [0.2, 0.25) is 24.6 Å². The fraction of sp³-hybridized carbons (Fsp3) is 0. The predicted octanol–water partition coefficient (Wildman–Crippen LogP) is -4.58. The van der Waals surface area contributed by atoms with Crippen molar-refractivity contribution in [3.8, 4) is 0 Å².